The molecule has 0 bridgehead atoms. The van der Waals surface area contributed by atoms with E-state index in [4.69, 9.17) is 16.3 Å². The molecule has 0 radical (unpaired) electrons. The molecule has 1 N–H and O–H groups in total. The third kappa shape index (κ3) is 3.91. The summed E-state index contributed by atoms with van der Waals surface area (Å²) in [6.45, 7) is 2.32. The Kier molecular flexibility index (Phi) is 5.26. The van der Waals surface area contributed by atoms with Gasteiger partial charge in [0.15, 0.2) is 0 Å². The van der Waals surface area contributed by atoms with E-state index in [2.05, 4.69) is 4.90 Å². The van der Waals surface area contributed by atoms with E-state index in [-0.39, 0.29) is 0 Å². The van der Waals surface area contributed by atoms with E-state index in [1.54, 1.807) is 6.07 Å². The molecule has 4 rings (SSSR count). The van der Waals surface area contributed by atoms with Gasteiger partial charge in [0, 0.05) is 29.4 Å². The molecule has 1 aliphatic heterocycles. The largest absolute Gasteiger partial charge is 0.493 e. The van der Waals surface area contributed by atoms with E-state index >= 15 is 0 Å². The second kappa shape index (κ2) is 7.81. The first kappa shape index (κ1) is 18.2. The van der Waals surface area contributed by atoms with Gasteiger partial charge in [-0.15, -0.1) is 0 Å². The van der Waals surface area contributed by atoms with E-state index < -0.39 is 5.97 Å². The smallest absolute Gasteiger partial charge is 0.336 e. The van der Waals surface area contributed by atoms with Gasteiger partial charge in [-0.2, -0.15) is 0 Å². The monoisotopic (exact) mass is 385 g/mol. The number of carboxylic acid groups (broad SMARTS) is 1. The predicted molar refractivity (Wildman–Crippen MR) is 107 cm³/mol. The molecule has 0 spiro atoms. The SMILES string of the molecule is O=C(O)c1cccc2c1CCCN2Cc1cc(Cl)ccc1OCC1CCC1. The van der Waals surface area contributed by atoms with Crippen LogP contribution in [0.5, 0.6) is 5.75 Å². The van der Waals surface area contributed by atoms with Crippen LogP contribution in [0.3, 0.4) is 0 Å². The van der Waals surface area contributed by atoms with E-state index in [0.717, 1.165) is 48.6 Å². The number of carbonyl (C=O) groups is 1. The Hall–Kier alpha value is -2.20. The lowest BCUT2D eigenvalue weighted by Crippen LogP contribution is -2.30. The molecule has 1 fully saturated rings. The highest BCUT2D eigenvalue weighted by molar-refractivity contribution is 6.30. The number of benzene rings is 2. The van der Waals surface area contributed by atoms with Gasteiger partial charge in [-0.3, -0.25) is 0 Å². The standard InChI is InChI=1S/C22H24ClNO3/c23-17-9-10-21(27-14-15-4-1-5-15)16(12-17)13-24-11-3-7-18-19(22(25)26)6-2-8-20(18)24/h2,6,8-10,12,15H,1,3-5,7,11,13-14H2,(H,25,26). The molecule has 0 atom stereocenters. The summed E-state index contributed by atoms with van der Waals surface area (Å²) in [5, 5.41) is 10.2. The maximum Gasteiger partial charge on any atom is 0.336 e. The average Bonchev–Trinajstić information content (AvgIpc) is 2.62. The van der Waals surface area contributed by atoms with Gasteiger partial charge in [0.2, 0.25) is 0 Å². The van der Waals surface area contributed by atoms with Gasteiger partial charge < -0.3 is 14.7 Å². The molecule has 5 heteroatoms. The molecule has 2 aliphatic rings. The fourth-order valence-electron chi connectivity index (χ4n) is 3.95. The summed E-state index contributed by atoms with van der Waals surface area (Å²) in [6.07, 6.45) is 5.55. The van der Waals surface area contributed by atoms with Crippen molar-refractivity contribution in [3.8, 4) is 5.75 Å². The minimum absolute atomic E-state index is 0.407. The quantitative estimate of drug-likeness (QED) is 0.745. The van der Waals surface area contributed by atoms with Crippen molar-refractivity contribution in [1.82, 2.24) is 0 Å². The van der Waals surface area contributed by atoms with Crippen LogP contribution >= 0.6 is 11.6 Å². The van der Waals surface area contributed by atoms with Crippen LogP contribution in [0, 0.1) is 5.92 Å². The number of halogens is 1. The Morgan fingerprint density at radius 3 is 2.81 bits per heavy atom. The van der Waals surface area contributed by atoms with E-state index in [0.29, 0.717) is 23.0 Å². The lowest BCUT2D eigenvalue weighted by Gasteiger charge is -2.33. The van der Waals surface area contributed by atoms with Crippen molar-refractivity contribution in [2.45, 2.75) is 38.6 Å². The number of ether oxygens (including phenoxy) is 1. The van der Waals surface area contributed by atoms with E-state index in [1.807, 2.05) is 30.3 Å². The molecule has 2 aromatic carbocycles. The number of anilines is 1. The average molecular weight is 386 g/mol. The lowest BCUT2D eigenvalue weighted by atomic mass is 9.86. The van der Waals surface area contributed by atoms with Crippen LogP contribution < -0.4 is 9.64 Å². The normalized spacial score (nSPS) is 16.6. The molecule has 27 heavy (non-hydrogen) atoms. The van der Waals surface area contributed by atoms with Crippen LogP contribution in [-0.2, 0) is 13.0 Å². The minimum atomic E-state index is -0.860. The van der Waals surface area contributed by atoms with Crippen molar-refractivity contribution in [3.05, 3.63) is 58.1 Å². The van der Waals surface area contributed by atoms with Gasteiger partial charge >= 0.3 is 5.97 Å². The van der Waals surface area contributed by atoms with Gasteiger partial charge in [0.25, 0.3) is 0 Å². The number of hydrogen-bond donors (Lipinski definition) is 1. The molecule has 1 aliphatic carbocycles. The van der Waals surface area contributed by atoms with E-state index in [1.165, 1.54) is 19.3 Å². The fourth-order valence-corrected chi connectivity index (χ4v) is 4.15. The topological polar surface area (TPSA) is 49.8 Å². The maximum absolute atomic E-state index is 11.6. The summed E-state index contributed by atoms with van der Waals surface area (Å²) in [5.74, 6) is 0.691. The Morgan fingerprint density at radius 1 is 1.22 bits per heavy atom. The molecule has 0 saturated heterocycles. The van der Waals surface area contributed by atoms with Crippen LogP contribution in [-0.4, -0.2) is 24.2 Å². The van der Waals surface area contributed by atoms with E-state index in [9.17, 15) is 9.90 Å². The number of rotatable bonds is 6. The van der Waals surface area contributed by atoms with Gasteiger partial charge in [-0.1, -0.05) is 24.1 Å². The highest BCUT2D eigenvalue weighted by Crippen LogP contribution is 2.34. The minimum Gasteiger partial charge on any atom is -0.493 e. The van der Waals surface area contributed by atoms with Crippen molar-refractivity contribution >= 4 is 23.3 Å². The van der Waals surface area contributed by atoms with Crippen molar-refractivity contribution in [3.63, 3.8) is 0 Å². The molecule has 4 nitrogen and oxygen atoms in total. The fraction of sp³-hybridized carbons (Fsp3) is 0.409. The first-order chi connectivity index (χ1) is 13.1. The molecular weight excluding hydrogens is 362 g/mol. The third-order valence-electron chi connectivity index (χ3n) is 5.66. The zero-order valence-electron chi connectivity index (χ0n) is 15.3. The first-order valence-corrected chi connectivity index (χ1v) is 10.0. The zero-order chi connectivity index (χ0) is 18.8. The molecule has 2 aromatic rings. The summed E-state index contributed by atoms with van der Waals surface area (Å²) in [4.78, 5) is 13.8. The summed E-state index contributed by atoms with van der Waals surface area (Å²) in [7, 11) is 0. The van der Waals surface area contributed by atoms with Crippen molar-refractivity contribution in [1.29, 1.82) is 0 Å². The number of fused-ring (bicyclic) bond motifs is 1. The first-order valence-electron chi connectivity index (χ1n) is 9.63. The maximum atomic E-state index is 11.6. The van der Waals surface area contributed by atoms with Gasteiger partial charge in [0.05, 0.1) is 12.2 Å². The summed E-state index contributed by atoms with van der Waals surface area (Å²) in [5.41, 5.74) is 3.39. The number of nitrogens with zero attached hydrogens (tertiary/aromatic N) is 1. The van der Waals surface area contributed by atoms with Crippen LogP contribution in [0.4, 0.5) is 5.69 Å². The Balaban J connectivity index is 1.59. The number of aromatic carboxylic acids is 1. The van der Waals surface area contributed by atoms with Gasteiger partial charge in [0.1, 0.15) is 5.75 Å². The Bertz CT molecular complexity index is 847. The van der Waals surface area contributed by atoms with Crippen LogP contribution in [0.15, 0.2) is 36.4 Å². The summed E-state index contributed by atoms with van der Waals surface area (Å²) in [6, 6.07) is 11.3. The third-order valence-corrected chi connectivity index (χ3v) is 5.90. The second-order valence-corrected chi connectivity index (χ2v) is 7.93. The van der Waals surface area contributed by atoms with Crippen molar-refractivity contribution in [2.75, 3.05) is 18.1 Å². The zero-order valence-corrected chi connectivity index (χ0v) is 16.0. The lowest BCUT2D eigenvalue weighted by molar-refractivity contribution is 0.0695. The highest BCUT2D eigenvalue weighted by atomic mass is 35.5. The molecular formula is C22H24ClNO3. The predicted octanol–water partition coefficient (Wildman–Crippen LogP) is 5.17. The van der Waals surface area contributed by atoms with Crippen LogP contribution in [0.1, 0.15) is 47.2 Å². The summed E-state index contributed by atoms with van der Waals surface area (Å²) >= 11 is 6.25. The highest BCUT2D eigenvalue weighted by Gasteiger charge is 2.23. The second-order valence-electron chi connectivity index (χ2n) is 7.49. The van der Waals surface area contributed by atoms with Gasteiger partial charge in [-0.25, -0.2) is 4.79 Å². The van der Waals surface area contributed by atoms with Gasteiger partial charge in [-0.05, 0) is 67.5 Å². The molecule has 0 amide bonds. The number of carboxylic acids is 1. The van der Waals surface area contributed by atoms with Crippen LogP contribution in [0.2, 0.25) is 5.02 Å². The molecule has 0 unspecified atom stereocenters. The molecule has 142 valence electrons. The van der Waals surface area contributed by atoms with Crippen LogP contribution in [0.25, 0.3) is 0 Å². The Labute approximate surface area is 164 Å². The molecule has 1 heterocycles. The molecule has 0 aromatic heterocycles. The Morgan fingerprint density at radius 2 is 2.07 bits per heavy atom. The van der Waals surface area contributed by atoms with Crippen molar-refractivity contribution in [2.24, 2.45) is 5.92 Å². The molecule has 1 saturated carbocycles. The number of hydrogen-bond acceptors (Lipinski definition) is 3. The van der Waals surface area contributed by atoms with Crippen molar-refractivity contribution < 1.29 is 14.6 Å². The summed E-state index contributed by atoms with van der Waals surface area (Å²) < 4.78 is 6.11.